The highest BCUT2D eigenvalue weighted by Crippen LogP contribution is 2.27. The van der Waals surface area contributed by atoms with Gasteiger partial charge >= 0.3 is 5.97 Å². The van der Waals surface area contributed by atoms with Crippen LogP contribution < -0.4 is 5.32 Å². The van der Waals surface area contributed by atoms with Crippen LogP contribution in [0, 0.1) is 0 Å². The summed E-state index contributed by atoms with van der Waals surface area (Å²) in [5.41, 5.74) is 1.34. The Kier molecular flexibility index (Phi) is 5.33. The smallest absolute Gasteiger partial charge is 0.335 e. The predicted octanol–water partition coefficient (Wildman–Crippen LogP) is 0.523. The molecule has 2 heterocycles. The van der Waals surface area contributed by atoms with Gasteiger partial charge in [-0.2, -0.15) is 0 Å². The van der Waals surface area contributed by atoms with E-state index in [0.717, 1.165) is 24.9 Å². The molecule has 2 fully saturated rings. The lowest BCUT2D eigenvalue weighted by Gasteiger charge is -2.35. The van der Waals surface area contributed by atoms with Crippen molar-refractivity contribution in [2.24, 2.45) is 0 Å². The number of nitrogens with zero attached hydrogens (tertiary/aromatic N) is 2. The van der Waals surface area contributed by atoms with E-state index in [-0.39, 0.29) is 36.4 Å². The fraction of sp³-hybridized carbons (Fsp3) is 0.500. The molecule has 1 aromatic rings. The second-order valence-electron chi connectivity index (χ2n) is 6.67. The number of carboxylic acids is 1. The summed E-state index contributed by atoms with van der Waals surface area (Å²) in [4.78, 5) is 38.7. The summed E-state index contributed by atoms with van der Waals surface area (Å²) in [6.45, 7) is 3.22. The normalized spacial score (nSPS) is 21.7. The third-order valence-electron chi connectivity index (χ3n) is 4.88. The molecule has 2 N–H and O–H groups in total. The number of hydrogen-bond donors (Lipinski definition) is 2. The van der Waals surface area contributed by atoms with Crippen molar-refractivity contribution in [1.82, 2.24) is 15.1 Å². The summed E-state index contributed by atoms with van der Waals surface area (Å²) < 4.78 is 0. The number of benzene rings is 1. The maximum atomic E-state index is 12.6. The highest BCUT2D eigenvalue weighted by molar-refractivity contribution is 5.87. The van der Waals surface area contributed by atoms with Crippen LogP contribution in [-0.2, 0) is 9.59 Å². The Balaban J connectivity index is 1.59. The largest absolute Gasteiger partial charge is 0.478 e. The lowest BCUT2D eigenvalue weighted by Crippen LogP contribution is -2.52. The van der Waals surface area contributed by atoms with E-state index < -0.39 is 5.97 Å². The number of carboxylic acid groups (broad SMARTS) is 1. The second-order valence-corrected chi connectivity index (χ2v) is 6.67. The third kappa shape index (κ3) is 4.36. The zero-order chi connectivity index (χ0) is 17.8. The van der Waals surface area contributed by atoms with Crippen molar-refractivity contribution in [3.8, 4) is 0 Å². The molecule has 25 heavy (non-hydrogen) atoms. The molecule has 0 saturated carbocycles. The maximum absolute atomic E-state index is 12.6. The van der Waals surface area contributed by atoms with Crippen LogP contribution in [0.5, 0.6) is 0 Å². The third-order valence-corrected chi connectivity index (χ3v) is 4.88. The highest BCUT2D eigenvalue weighted by atomic mass is 16.4. The van der Waals surface area contributed by atoms with Crippen molar-refractivity contribution in [2.45, 2.75) is 18.8 Å². The van der Waals surface area contributed by atoms with E-state index in [9.17, 15) is 14.4 Å². The zero-order valence-corrected chi connectivity index (χ0v) is 14.1. The van der Waals surface area contributed by atoms with Gasteiger partial charge in [-0.15, -0.1) is 0 Å². The number of hydrogen-bond acceptors (Lipinski definition) is 4. The van der Waals surface area contributed by atoms with Crippen LogP contribution in [0.2, 0.25) is 0 Å². The molecule has 7 heteroatoms. The Hall–Kier alpha value is -2.41. The van der Waals surface area contributed by atoms with E-state index in [1.807, 2.05) is 21.9 Å². The van der Waals surface area contributed by atoms with Gasteiger partial charge in [0.2, 0.25) is 11.8 Å². The first-order valence-electron chi connectivity index (χ1n) is 8.63. The fourth-order valence-corrected chi connectivity index (χ4v) is 3.49. The summed E-state index contributed by atoms with van der Waals surface area (Å²) in [6, 6.07) is 6.92. The number of amides is 2. The SMILES string of the molecule is O=C1CN(CC(=O)N2CCC[C@H](c3ccc(C(=O)O)cc3)C2)CCN1. The molecule has 7 nitrogen and oxygen atoms in total. The van der Waals surface area contributed by atoms with Gasteiger partial charge in [-0.3, -0.25) is 14.5 Å². The summed E-state index contributed by atoms with van der Waals surface area (Å²) in [5, 5.41) is 11.7. The van der Waals surface area contributed by atoms with Crippen molar-refractivity contribution < 1.29 is 19.5 Å². The minimum absolute atomic E-state index is 0.0332. The molecule has 2 amide bonds. The van der Waals surface area contributed by atoms with E-state index in [0.29, 0.717) is 19.6 Å². The summed E-state index contributed by atoms with van der Waals surface area (Å²) in [6.07, 6.45) is 1.92. The van der Waals surface area contributed by atoms with Crippen molar-refractivity contribution in [3.05, 3.63) is 35.4 Å². The molecule has 134 valence electrons. The standard InChI is InChI=1S/C18H23N3O4/c22-16-11-20(9-7-19-16)12-17(23)21-8-1-2-15(10-21)13-3-5-14(6-4-13)18(24)25/h3-6,15H,1-2,7-12H2,(H,19,22)(H,24,25)/t15-/m0/s1. The average molecular weight is 345 g/mol. The Morgan fingerprint density at radius 1 is 1.20 bits per heavy atom. The van der Waals surface area contributed by atoms with Crippen LogP contribution in [0.4, 0.5) is 0 Å². The van der Waals surface area contributed by atoms with Crippen molar-refractivity contribution in [2.75, 3.05) is 39.3 Å². The Morgan fingerprint density at radius 3 is 2.64 bits per heavy atom. The molecular formula is C18H23N3O4. The lowest BCUT2D eigenvalue weighted by molar-refractivity contribution is -0.135. The van der Waals surface area contributed by atoms with Crippen molar-refractivity contribution in [1.29, 1.82) is 0 Å². The van der Waals surface area contributed by atoms with E-state index in [1.54, 1.807) is 12.1 Å². The van der Waals surface area contributed by atoms with Crippen molar-refractivity contribution >= 4 is 17.8 Å². The maximum Gasteiger partial charge on any atom is 0.335 e. The number of aromatic carboxylic acids is 1. The number of carbonyl (C=O) groups is 3. The Bertz CT molecular complexity index is 659. The molecule has 2 saturated heterocycles. The molecule has 0 bridgehead atoms. The van der Waals surface area contributed by atoms with Crippen LogP contribution >= 0.6 is 0 Å². The highest BCUT2D eigenvalue weighted by Gasteiger charge is 2.27. The molecule has 0 aromatic heterocycles. The fourth-order valence-electron chi connectivity index (χ4n) is 3.49. The molecule has 1 atom stereocenters. The average Bonchev–Trinajstić information content (AvgIpc) is 2.62. The van der Waals surface area contributed by atoms with E-state index in [4.69, 9.17) is 5.11 Å². The monoisotopic (exact) mass is 345 g/mol. The number of carbonyl (C=O) groups excluding carboxylic acids is 2. The molecule has 2 aliphatic rings. The topological polar surface area (TPSA) is 90.0 Å². The van der Waals surface area contributed by atoms with Gasteiger partial charge in [0, 0.05) is 32.1 Å². The first kappa shape index (κ1) is 17.4. The quantitative estimate of drug-likeness (QED) is 0.830. The molecule has 2 aliphatic heterocycles. The Labute approximate surface area is 146 Å². The van der Waals surface area contributed by atoms with Crippen LogP contribution in [0.25, 0.3) is 0 Å². The van der Waals surface area contributed by atoms with Gasteiger partial charge in [0.1, 0.15) is 0 Å². The van der Waals surface area contributed by atoms with Gasteiger partial charge in [0.05, 0.1) is 18.7 Å². The van der Waals surface area contributed by atoms with Crippen LogP contribution in [-0.4, -0.2) is 72.0 Å². The minimum Gasteiger partial charge on any atom is -0.478 e. The second kappa shape index (κ2) is 7.65. The lowest BCUT2D eigenvalue weighted by atomic mass is 9.90. The van der Waals surface area contributed by atoms with Crippen molar-refractivity contribution in [3.63, 3.8) is 0 Å². The first-order valence-corrected chi connectivity index (χ1v) is 8.63. The number of rotatable bonds is 4. The molecule has 3 rings (SSSR count). The van der Waals surface area contributed by atoms with Gasteiger partial charge in [-0.1, -0.05) is 12.1 Å². The molecule has 0 spiro atoms. The summed E-state index contributed by atoms with van der Waals surface area (Å²) >= 11 is 0. The summed E-state index contributed by atoms with van der Waals surface area (Å²) in [5.74, 6) is -0.682. The summed E-state index contributed by atoms with van der Waals surface area (Å²) in [7, 11) is 0. The molecule has 1 aromatic carbocycles. The first-order chi connectivity index (χ1) is 12.0. The van der Waals surface area contributed by atoms with E-state index in [1.165, 1.54) is 0 Å². The number of piperidine rings is 1. The van der Waals surface area contributed by atoms with Crippen LogP contribution in [0.1, 0.15) is 34.7 Å². The van der Waals surface area contributed by atoms with E-state index in [2.05, 4.69) is 5.32 Å². The van der Waals surface area contributed by atoms with E-state index >= 15 is 0 Å². The molecule has 0 radical (unpaired) electrons. The van der Waals surface area contributed by atoms with Gasteiger partial charge in [-0.05, 0) is 30.5 Å². The molecule has 0 unspecified atom stereocenters. The predicted molar refractivity (Wildman–Crippen MR) is 91.4 cm³/mol. The number of piperazine rings is 1. The van der Waals surface area contributed by atoms with Gasteiger partial charge in [0.15, 0.2) is 0 Å². The Morgan fingerprint density at radius 2 is 1.96 bits per heavy atom. The van der Waals surface area contributed by atoms with Gasteiger partial charge < -0.3 is 15.3 Å². The van der Waals surface area contributed by atoms with Gasteiger partial charge in [-0.25, -0.2) is 4.79 Å². The van der Waals surface area contributed by atoms with Crippen LogP contribution in [0.3, 0.4) is 0 Å². The van der Waals surface area contributed by atoms with Gasteiger partial charge in [0.25, 0.3) is 0 Å². The molecular weight excluding hydrogens is 322 g/mol. The minimum atomic E-state index is -0.933. The molecule has 0 aliphatic carbocycles. The number of nitrogens with one attached hydrogen (secondary N) is 1. The zero-order valence-electron chi connectivity index (χ0n) is 14.1. The number of likely N-dealkylation sites (tertiary alicyclic amines) is 1. The van der Waals surface area contributed by atoms with Crippen LogP contribution in [0.15, 0.2) is 24.3 Å².